The highest BCUT2D eigenvalue weighted by atomic mass is 35.5. The molecule has 36 heavy (non-hydrogen) atoms. The van der Waals surface area contributed by atoms with Crippen LogP contribution in [0.15, 0.2) is 24.5 Å². The summed E-state index contributed by atoms with van der Waals surface area (Å²) < 4.78 is 2.20. The molecule has 0 aliphatic heterocycles. The third-order valence-corrected chi connectivity index (χ3v) is 7.87. The molecule has 0 spiro atoms. The van der Waals surface area contributed by atoms with Crippen LogP contribution in [-0.4, -0.2) is 50.6 Å². The van der Waals surface area contributed by atoms with Crippen molar-refractivity contribution in [3.8, 4) is 0 Å². The molecule has 0 unspecified atom stereocenters. The summed E-state index contributed by atoms with van der Waals surface area (Å²) in [7, 11) is 0. The third kappa shape index (κ3) is 5.68. The van der Waals surface area contributed by atoms with Crippen LogP contribution in [0.5, 0.6) is 0 Å². The Bertz CT molecular complexity index is 1220. The van der Waals surface area contributed by atoms with Gasteiger partial charge in [0.05, 0.1) is 16.4 Å². The topological polar surface area (TPSA) is 123 Å². The molecule has 2 fully saturated rings. The van der Waals surface area contributed by atoms with Crippen LogP contribution in [-0.2, 0) is 0 Å². The zero-order chi connectivity index (χ0) is 25.1. The van der Waals surface area contributed by atoms with Crippen molar-refractivity contribution >= 4 is 52.0 Å². The third-order valence-electron chi connectivity index (χ3n) is 7.13. The number of halogens is 2. The highest BCUT2D eigenvalue weighted by Crippen LogP contribution is 2.33. The molecule has 2 aromatic heterocycles. The Balaban J connectivity index is 1.29. The number of hydrogen-bond donors (Lipinski definition) is 4. The first kappa shape index (κ1) is 25.0. The Morgan fingerprint density at radius 2 is 1.81 bits per heavy atom. The van der Waals surface area contributed by atoms with Crippen molar-refractivity contribution in [1.29, 1.82) is 0 Å². The predicted molar refractivity (Wildman–Crippen MR) is 144 cm³/mol. The Hall–Kier alpha value is -2.62. The van der Waals surface area contributed by atoms with Crippen molar-refractivity contribution in [2.75, 3.05) is 23.7 Å². The summed E-state index contributed by atoms with van der Waals surface area (Å²) in [5.74, 6) is 1.05. The van der Waals surface area contributed by atoms with Crippen molar-refractivity contribution in [2.45, 2.75) is 69.5 Å². The summed E-state index contributed by atoms with van der Waals surface area (Å²) in [4.78, 5) is 26.8. The number of nitrogens with zero attached hydrogens (tertiary/aromatic N) is 4. The van der Waals surface area contributed by atoms with Gasteiger partial charge in [0.15, 0.2) is 17.0 Å². The number of anilines is 2. The van der Waals surface area contributed by atoms with Gasteiger partial charge in [-0.2, -0.15) is 9.97 Å². The number of amides is 1. The molecule has 5 rings (SSSR count). The SMILES string of the molecule is N[C@H]1CC[C@H](Nc2nc(NCCNC(=O)c3ccc(Cl)c(Cl)c3)c3ncn(C4CCCC4)c3n2)CC1. The zero-order valence-corrected chi connectivity index (χ0v) is 21.7. The first-order chi connectivity index (χ1) is 17.5. The van der Waals surface area contributed by atoms with E-state index in [0.717, 1.165) is 49.7 Å². The lowest BCUT2D eigenvalue weighted by Crippen LogP contribution is -2.33. The second-order valence-electron chi connectivity index (χ2n) is 9.73. The molecule has 9 nitrogen and oxygen atoms in total. The lowest BCUT2D eigenvalue weighted by atomic mass is 9.92. The van der Waals surface area contributed by atoms with Gasteiger partial charge in [-0.05, 0) is 56.7 Å². The average Bonchev–Trinajstić information content (AvgIpc) is 3.55. The fourth-order valence-electron chi connectivity index (χ4n) is 5.10. The molecular formula is C25H32Cl2N8O. The molecule has 0 bridgehead atoms. The lowest BCUT2D eigenvalue weighted by molar-refractivity contribution is 0.0955. The van der Waals surface area contributed by atoms with Crippen molar-refractivity contribution in [3.63, 3.8) is 0 Å². The Morgan fingerprint density at radius 1 is 1.03 bits per heavy atom. The minimum Gasteiger partial charge on any atom is -0.366 e. The van der Waals surface area contributed by atoms with E-state index in [2.05, 4.69) is 25.5 Å². The van der Waals surface area contributed by atoms with Crippen molar-refractivity contribution in [3.05, 3.63) is 40.1 Å². The fraction of sp³-hybridized carbons (Fsp3) is 0.520. The minimum atomic E-state index is -0.216. The molecule has 1 aromatic carbocycles. The van der Waals surface area contributed by atoms with Crippen LogP contribution in [0.1, 0.15) is 67.8 Å². The first-order valence-corrected chi connectivity index (χ1v) is 13.5. The Kier molecular flexibility index (Phi) is 7.79. The van der Waals surface area contributed by atoms with Crippen LogP contribution in [0, 0.1) is 0 Å². The van der Waals surface area contributed by atoms with Crippen LogP contribution in [0.25, 0.3) is 11.2 Å². The standard InChI is InChI=1S/C25H32Cl2N8O/c26-19-10-5-15(13-20(19)27)24(36)30-12-11-29-22-21-23(35(14-31-21)18-3-1-2-4-18)34-25(33-22)32-17-8-6-16(28)7-9-17/h5,10,13-14,16-18H,1-4,6-9,11-12,28H2,(H,30,36)(H2,29,32,33,34)/t16-,17-. The Labute approximate surface area is 220 Å². The number of carbonyl (C=O) groups excluding carboxylic acids is 1. The van der Waals surface area contributed by atoms with Gasteiger partial charge in [0.2, 0.25) is 5.95 Å². The van der Waals surface area contributed by atoms with E-state index < -0.39 is 0 Å². The van der Waals surface area contributed by atoms with E-state index in [9.17, 15) is 4.79 Å². The highest BCUT2D eigenvalue weighted by molar-refractivity contribution is 6.42. The summed E-state index contributed by atoms with van der Waals surface area (Å²) in [6.45, 7) is 0.879. The summed E-state index contributed by atoms with van der Waals surface area (Å²) in [6.07, 6.45) is 10.6. The number of carbonyl (C=O) groups is 1. The van der Waals surface area contributed by atoms with Crippen LogP contribution in [0.3, 0.4) is 0 Å². The maximum Gasteiger partial charge on any atom is 0.251 e. The van der Waals surface area contributed by atoms with Gasteiger partial charge >= 0.3 is 0 Å². The van der Waals surface area contributed by atoms with Gasteiger partial charge in [-0.1, -0.05) is 36.0 Å². The van der Waals surface area contributed by atoms with E-state index in [-0.39, 0.29) is 11.9 Å². The number of aromatic nitrogens is 4. The molecule has 11 heteroatoms. The summed E-state index contributed by atoms with van der Waals surface area (Å²) in [5, 5.41) is 10.6. The number of fused-ring (bicyclic) bond motifs is 1. The second kappa shape index (κ2) is 11.2. The van der Waals surface area contributed by atoms with Crippen LogP contribution < -0.4 is 21.7 Å². The number of benzene rings is 1. The van der Waals surface area contributed by atoms with Gasteiger partial charge in [-0.15, -0.1) is 0 Å². The number of rotatable bonds is 8. The molecule has 5 N–H and O–H groups in total. The van der Waals surface area contributed by atoms with Crippen molar-refractivity contribution in [1.82, 2.24) is 24.8 Å². The normalized spacial score (nSPS) is 20.5. The quantitative estimate of drug-likeness (QED) is 0.309. The van der Waals surface area contributed by atoms with Gasteiger partial charge in [0.25, 0.3) is 5.91 Å². The van der Waals surface area contributed by atoms with Crippen LogP contribution >= 0.6 is 23.2 Å². The van der Waals surface area contributed by atoms with Gasteiger partial charge in [0, 0.05) is 36.8 Å². The molecule has 2 saturated carbocycles. The van der Waals surface area contributed by atoms with E-state index >= 15 is 0 Å². The maximum absolute atomic E-state index is 12.5. The number of nitrogens with two attached hydrogens (primary N) is 1. The minimum absolute atomic E-state index is 0.216. The molecule has 2 aliphatic rings. The van der Waals surface area contributed by atoms with Crippen molar-refractivity contribution in [2.24, 2.45) is 5.73 Å². The fourth-order valence-corrected chi connectivity index (χ4v) is 5.39. The number of nitrogens with one attached hydrogen (secondary N) is 3. The maximum atomic E-state index is 12.5. The first-order valence-electron chi connectivity index (χ1n) is 12.7. The van der Waals surface area contributed by atoms with Gasteiger partial charge in [-0.3, -0.25) is 4.79 Å². The molecule has 1 amide bonds. The predicted octanol–water partition coefficient (Wildman–Crippen LogP) is 4.77. The number of imidazole rings is 1. The van der Waals surface area contributed by atoms with E-state index in [1.54, 1.807) is 18.2 Å². The van der Waals surface area contributed by atoms with Crippen LogP contribution in [0.2, 0.25) is 10.0 Å². The molecule has 2 heterocycles. The van der Waals surface area contributed by atoms with E-state index in [1.165, 1.54) is 12.8 Å². The molecule has 0 saturated heterocycles. The zero-order valence-electron chi connectivity index (χ0n) is 20.1. The summed E-state index contributed by atoms with van der Waals surface area (Å²) in [5.41, 5.74) is 8.13. The highest BCUT2D eigenvalue weighted by Gasteiger charge is 2.24. The van der Waals surface area contributed by atoms with Crippen LogP contribution in [0.4, 0.5) is 11.8 Å². The van der Waals surface area contributed by atoms with Crippen molar-refractivity contribution < 1.29 is 4.79 Å². The summed E-state index contributed by atoms with van der Waals surface area (Å²) >= 11 is 12.0. The molecule has 192 valence electrons. The largest absolute Gasteiger partial charge is 0.366 e. The monoisotopic (exact) mass is 530 g/mol. The average molecular weight is 531 g/mol. The number of hydrogen-bond acceptors (Lipinski definition) is 7. The lowest BCUT2D eigenvalue weighted by Gasteiger charge is -2.27. The Morgan fingerprint density at radius 3 is 2.56 bits per heavy atom. The molecular weight excluding hydrogens is 499 g/mol. The molecule has 3 aromatic rings. The van der Waals surface area contributed by atoms with Gasteiger partial charge < -0.3 is 26.3 Å². The second-order valence-corrected chi connectivity index (χ2v) is 10.5. The van der Waals surface area contributed by atoms with Gasteiger partial charge in [0.1, 0.15) is 0 Å². The van der Waals surface area contributed by atoms with Gasteiger partial charge in [-0.25, -0.2) is 4.98 Å². The molecule has 2 aliphatic carbocycles. The molecule has 0 atom stereocenters. The van der Waals surface area contributed by atoms with E-state index in [1.807, 2.05) is 6.33 Å². The smallest absolute Gasteiger partial charge is 0.251 e. The molecule has 0 radical (unpaired) electrons. The van der Waals surface area contributed by atoms with E-state index in [0.29, 0.717) is 52.5 Å². The van der Waals surface area contributed by atoms with E-state index in [4.69, 9.17) is 38.9 Å². The summed E-state index contributed by atoms with van der Waals surface area (Å²) in [6, 6.07) is 5.84.